The molecule has 126 valence electrons. The molecular weight excluding hydrogens is 314 g/mol. The summed E-state index contributed by atoms with van der Waals surface area (Å²) >= 11 is 0. The Balaban J connectivity index is 1.45. The van der Waals surface area contributed by atoms with Crippen LogP contribution in [-0.4, -0.2) is 31.6 Å². The fraction of sp³-hybridized carbons (Fsp3) is 0.588. The summed E-state index contributed by atoms with van der Waals surface area (Å²) in [5.41, 5.74) is 0.945. The molecule has 6 heteroatoms. The monoisotopic (exact) mass is 337 g/mol. The number of fused-ring (bicyclic) bond motifs is 2. The van der Waals surface area contributed by atoms with Crippen molar-refractivity contribution in [2.75, 3.05) is 6.54 Å². The number of carbonyl (C=O) groups excluding carboxylic acids is 1. The Kier molecular flexibility index (Phi) is 4.90. The lowest BCUT2D eigenvalue weighted by Crippen LogP contribution is -2.46. The molecule has 0 saturated carbocycles. The highest BCUT2D eigenvalue weighted by Gasteiger charge is 2.43. The molecule has 2 bridgehead atoms. The van der Waals surface area contributed by atoms with E-state index in [-0.39, 0.29) is 23.0 Å². The van der Waals surface area contributed by atoms with Crippen molar-refractivity contribution in [3.8, 4) is 0 Å². The highest BCUT2D eigenvalue weighted by molar-refractivity contribution is 7.92. The van der Waals surface area contributed by atoms with Gasteiger partial charge in [0.05, 0.1) is 10.5 Å². The lowest BCUT2D eigenvalue weighted by molar-refractivity contribution is 0.137. The van der Waals surface area contributed by atoms with E-state index < -0.39 is 15.9 Å². The third-order valence-corrected chi connectivity index (χ3v) is 7.64. The summed E-state index contributed by atoms with van der Waals surface area (Å²) in [6.45, 7) is 0.743. The average molecular weight is 337 g/mol. The zero-order valence-electron chi connectivity index (χ0n) is 13.1. The number of carbonyl (C=O) groups is 1. The van der Waals surface area contributed by atoms with Gasteiger partial charge in [0.1, 0.15) is 6.61 Å². The highest BCUT2D eigenvalue weighted by atomic mass is 32.2. The first-order chi connectivity index (χ1) is 11.1. The third kappa shape index (κ3) is 3.86. The summed E-state index contributed by atoms with van der Waals surface area (Å²) < 4.78 is 29.6. The maximum Gasteiger partial charge on any atom is 0.407 e. The van der Waals surface area contributed by atoms with Gasteiger partial charge in [0, 0.05) is 6.54 Å². The predicted octanol–water partition coefficient (Wildman–Crippen LogP) is 2.66. The molecule has 2 saturated heterocycles. The quantitative estimate of drug-likeness (QED) is 0.917. The molecule has 2 unspecified atom stereocenters. The highest BCUT2D eigenvalue weighted by Crippen LogP contribution is 2.39. The first-order valence-electron chi connectivity index (χ1n) is 8.23. The molecule has 3 rings (SSSR count). The van der Waals surface area contributed by atoms with Gasteiger partial charge in [0.2, 0.25) is 0 Å². The van der Waals surface area contributed by atoms with Gasteiger partial charge in [0.25, 0.3) is 0 Å². The molecule has 2 aliphatic heterocycles. The molecule has 23 heavy (non-hydrogen) atoms. The maximum absolute atomic E-state index is 12.2. The minimum atomic E-state index is -2.93. The van der Waals surface area contributed by atoms with E-state index in [1.807, 2.05) is 30.3 Å². The smallest absolute Gasteiger partial charge is 0.407 e. The van der Waals surface area contributed by atoms with Crippen LogP contribution in [0.15, 0.2) is 30.3 Å². The zero-order valence-corrected chi connectivity index (χ0v) is 13.9. The number of nitrogens with one attached hydrogen (secondary N) is 1. The van der Waals surface area contributed by atoms with Gasteiger partial charge >= 0.3 is 6.09 Å². The van der Waals surface area contributed by atoms with E-state index in [1.54, 1.807) is 0 Å². The number of sulfone groups is 1. The minimum Gasteiger partial charge on any atom is -0.445 e. The van der Waals surface area contributed by atoms with Crippen molar-refractivity contribution in [2.45, 2.75) is 49.2 Å². The van der Waals surface area contributed by atoms with Gasteiger partial charge in [-0.2, -0.15) is 0 Å². The lowest BCUT2D eigenvalue weighted by atomic mass is 9.89. The Hall–Kier alpha value is -1.56. The number of amides is 1. The lowest BCUT2D eigenvalue weighted by Gasteiger charge is -2.38. The largest absolute Gasteiger partial charge is 0.445 e. The van der Waals surface area contributed by atoms with Crippen LogP contribution in [0.2, 0.25) is 0 Å². The molecular formula is C17H23NO4S. The molecule has 5 nitrogen and oxygen atoms in total. The van der Waals surface area contributed by atoms with Crippen LogP contribution >= 0.6 is 0 Å². The van der Waals surface area contributed by atoms with Gasteiger partial charge in [0.15, 0.2) is 9.84 Å². The molecule has 2 aliphatic rings. The Labute approximate surface area is 137 Å². The molecule has 2 heterocycles. The van der Waals surface area contributed by atoms with Crippen LogP contribution in [0.1, 0.15) is 37.7 Å². The number of hydrogen-bond acceptors (Lipinski definition) is 4. The molecule has 0 spiro atoms. The fourth-order valence-electron chi connectivity index (χ4n) is 3.69. The Morgan fingerprint density at radius 1 is 1.13 bits per heavy atom. The first-order valence-corrected chi connectivity index (χ1v) is 9.84. The third-order valence-electron chi connectivity index (χ3n) is 4.92. The van der Waals surface area contributed by atoms with Gasteiger partial charge in [-0.15, -0.1) is 0 Å². The van der Waals surface area contributed by atoms with Gasteiger partial charge in [-0.25, -0.2) is 13.2 Å². The van der Waals surface area contributed by atoms with E-state index in [0.717, 1.165) is 24.8 Å². The minimum absolute atomic E-state index is 0.206. The summed E-state index contributed by atoms with van der Waals surface area (Å²) in [4.78, 5) is 11.8. The van der Waals surface area contributed by atoms with Crippen LogP contribution < -0.4 is 5.32 Å². The maximum atomic E-state index is 12.2. The second kappa shape index (κ2) is 6.91. The summed E-state index contributed by atoms with van der Waals surface area (Å²) in [6, 6.07) is 9.52. The van der Waals surface area contributed by atoms with Gasteiger partial charge in [-0.1, -0.05) is 36.8 Å². The number of benzene rings is 1. The molecule has 1 aromatic carbocycles. The van der Waals surface area contributed by atoms with Crippen molar-refractivity contribution in [1.82, 2.24) is 5.32 Å². The molecule has 1 N–H and O–H groups in total. The van der Waals surface area contributed by atoms with E-state index in [9.17, 15) is 13.2 Å². The van der Waals surface area contributed by atoms with Crippen LogP contribution in [0, 0.1) is 5.92 Å². The van der Waals surface area contributed by atoms with Crippen molar-refractivity contribution < 1.29 is 17.9 Å². The van der Waals surface area contributed by atoms with Crippen LogP contribution in [0.3, 0.4) is 0 Å². The Bertz CT molecular complexity index is 624. The molecule has 2 atom stereocenters. The SMILES string of the molecule is O=C(NCC1CC2CCCC(C1)S2(=O)=O)OCc1ccccc1. The molecule has 1 aromatic rings. The average Bonchev–Trinajstić information content (AvgIpc) is 2.52. The van der Waals surface area contributed by atoms with E-state index in [1.165, 1.54) is 0 Å². The van der Waals surface area contributed by atoms with E-state index >= 15 is 0 Å². The predicted molar refractivity (Wildman–Crippen MR) is 87.7 cm³/mol. The van der Waals surface area contributed by atoms with Crippen LogP contribution in [-0.2, 0) is 21.2 Å². The Morgan fingerprint density at radius 3 is 2.43 bits per heavy atom. The van der Waals surface area contributed by atoms with Gasteiger partial charge in [-0.05, 0) is 37.2 Å². The van der Waals surface area contributed by atoms with Crippen LogP contribution in [0.4, 0.5) is 4.79 Å². The number of rotatable bonds is 4. The first kappa shape index (κ1) is 16.3. The van der Waals surface area contributed by atoms with Crippen molar-refractivity contribution in [1.29, 1.82) is 0 Å². The molecule has 0 radical (unpaired) electrons. The standard InChI is InChI=1S/C17H23NO4S/c19-17(22-12-13-5-2-1-3-6-13)18-11-14-9-15-7-4-8-16(10-14)23(15,20)21/h1-3,5-6,14-16H,4,7-12H2,(H,18,19). The normalized spacial score (nSPS) is 28.8. The van der Waals surface area contributed by atoms with E-state index in [0.29, 0.717) is 19.4 Å². The van der Waals surface area contributed by atoms with Gasteiger partial charge in [-0.3, -0.25) is 0 Å². The van der Waals surface area contributed by atoms with Crippen molar-refractivity contribution in [2.24, 2.45) is 5.92 Å². The molecule has 0 aromatic heterocycles. The van der Waals surface area contributed by atoms with Crippen molar-refractivity contribution >= 4 is 15.9 Å². The number of hydrogen-bond donors (Lipinski definition) is 1. The Morgan fingerprint density at radius 2 is 1.78 bits per heavy atom. The fourth-order valence-corrected chi connectivity index (χ4v) is 6.30. The van der Waals surface area contributed by atoms with Crippen molar-refractivity contribution in [3.05, 3.63) is 35.9 Å². The van der Waals surface area contributed by atoms with E-state index in [2.05, 4.69) is 5.32 Å². The number of ether oxygens (including phenoxy) is 1. The molecule has 1 amide bonds. The second-order valence-corrected chi connectivity index (χ2v) is 9.06. The second-order valence-electron chi connectivity index (χ2n) is 6.54. The summed E-state index contributed by atoms with van der Waals surface area (Å²) in [5, 5.41) is 2.37. The molecule has 0 aliphatic carbocycles. The van der Waals surface area contributed by atoms with Crippen LogP contribution in [0.5, 0.6) is 0 Å². The number of alkyl carbamates (subject to hydrolysis) is 1. The topological polar surface area (TPSA) is 72.5 Å². The van der Waals surface area contributed by atoms with E-state index in [4.69, 9.17) is 4.74 Å². The summed E-state index contributed by atoms with van der Waals surface area (Å²) in [6.07, 6.45) is 3.44. The molecule has 2 fully saturated rings. The van der Waals surface area contributed by atoms with Gasteiger partial charge < -0.3 is 10.1 Å². The van der Waals surface area contributed by atoms with Crippen LogP contribution in [0.25, 0.3) is 0 Å². The summed E-state index contributed by atoms with van der Waals surface area (Å²) in [5.74, 6) is 0.234. The zero-order chi connectivity index (χ0) is 16.3. The summed E-state index contributed by atoms with van der Waals surface area (Å²) in [7, 11) is -2.93. The van der Waals surface area contributed by atoms with Crippen molar-refractivity contribution in [3.63, 3.8) is 0 Å².